The lowest BCUT2D eigenvalue weighted by atomic mass is 9.82. The molecule has 5 heterocycles. The highest BCUT2D eigenvalue weighted by Gasteiger charge is 2.37. The van der Waals surface area contributed by atoms with Crippen molar-refractivity contribution in [3.63, 3.8) is 0 Å². The predicted octanol–water partition coefficient (Wildman–Crippen LogP) is 1.85. The predicted molar refractivity (Wildman–Crippen MR) is 112 cm³/mol. The Morgan fingerprint density at radius 2 is 2.03 bits per heavy atom. The lowest BCUT2D eigenvalue weighted by molar-refractivity contribution is 0.0593. The largest absolute Gasteiger partial charge is 0.384 e. The number of amides is 1. The molecule has 3 aromatic rings. The number of hydrogen-bond donors (Lipinski definition) is 1. The van der Waals surface area contributed by atoms with Crippen LogP contribution in [-0.2, 0) is 6.54 Å². The van der Waals surface area contributed by atoms with Gasteiger partial charge in [-0.2, -0.15) is 0 Å². The maximum Gasteiger partial charge on any atom is 0.255 e. The monoisotopic (exact) mass is 402 g/mol. The standard InChI is InChI=1S/C22H22N6O2/c1-13-2-3-24-8-17(13)22(30)27-9-14-4-16(11-27)19-5-15(6-21(29)28(19)10-14)18-7-20(23)26-12-25-18/h2-3,5-8,12,14,16H,4,9-11H2,1H3,(H2,23,25,26)/t14-,16+/m0/s1. The molecule has 2 atom stereocenters. The number of anilines is 1. The van der Waals surface area contributed by atoms with Gasteiger partial charge < -0.3 is 15.2 Å². The molecule has 0 saturated carbocycles. The number of nitrogens with zero attached hydrogens (tertiary/aromatic N) is 5. The Bertz CT molecular complexity index is 1200. The minimum atomic E-state index is -0.0442. The van der Waals surface area contributed by atoms with Gasteiger partial charge in [-0.25, -0.2) is 9.97 Å². The highest BCUT2D eigenvalue weighted by molar-refractivity contribution is 5.95. The summed E-state index contributed by atoms with van der Waals surface area (Å²) in [5.74, 6) is 0.727. The molecule has 1 amide bonds. The number of rotatable bonds is 2. The molecule has 0 aliphatic carbocycles. The van der Waals surface area contributed by atoms with Gasteiger partial charge in [0.2, 0.25) is 0 Å². The highest BCUT2D eigenvalue weighted by atomic mass is 16.2. The molecule has 2 N–H and O–H groups in total. The van der Waals surface area contributed by atoms with E-state index >= 15 is 0 Å². The normalized spacial score (nSPS) is 20.0. The number of fused-ring (bicyclic) bond motifs is 4. The fraction of sp³-hybridized carbons (Fsp3) is 0.318. The number of nitrogen functional groups attached to an aromatic ring is 1. The third kappa shape index (κ3) is 3.14. The second kappa shape index (κ2) is 7.05. The molecule has 2 aliphatic rings. The maximum atomic E-state index is 13.1. The molecule has 8 nitrogen and oxygen atoms in total. The summed E-state index contributed by atoms with van der Waals surface area (Å²) in [6.07, 6.45) is 5.69. The van der Waals surface area contributed by atoms with Crippen molar-refractivity contribution in [2.75, 3.05) is 18.8 Å². The number of aromatic nitrogens is 4. The van der Waals surface area contributed by atoms with Crippen LogP contribution in [0.1, 0.15) is 34.0 Å². The summed E-state index contributed by atoms with van der Waals surface area (Å²) >= 11 is 0. The van der Waals surface area contributed by atoms with Crippen LogP contribution in [0.5, 0.6) is 0 Å². The van der Waals surface area contributed by atoms with Gasteiger partial charge >= 0.3 is 0 Å². The van der Waals surface area contributed by atoms with Crippen LogP contribution in [0.25, 0.3) is 11.3 Å². The molecule has 3 aromatic heterocycles. The van der Waals surface area contributed by atoms with E-state index in [9.17, 15) is 9.59 Å². The van der Waals surface area contributed by atoms with Crippen LogP contribution in [0.15, 0.2) is 47.8 Å². The van der Waals surface area contributed by atoms with Gasteiger partial charge in [0.05, 0.1) is 11.3 Å². The molecule has 1 fully saturated rings. The minimum Gasteiger partial charge on any atom is -0.384 e. The quantitative estimate of drug-likeness (QED) is 0.701. The van der Waals surface area contributed by atoms with Crippen molar-refractivity contribution in [3.8, 4) is 11.3 Å². The van der Waals surface area contributed by atoms with Crippen molar-refractivity contribution in [1.82, 2.24) is 24.4 Å². The number of piperidine rings is 1. The van der Waals surface area contributed by atoms with Gasteiger partial charge in [0, 0.05) is 61.3 Å². The summed E-state index contributed by atoms with van der Waals surface area (Å²) in [6.45, 7) is 3.78. The van der Waals surface area contributed by atoms with Crippen molar-refractivity contribution in [2.45, 2.75) is 25.8 Å². The first-order valence-electron chi connectivity index (χ1n) is 10.0. The van der Waals surface area contributed by atoms with E-state index in [-0.39, 0.29) is 23.3 Å². The van der Waals surface area contributed by atoms with Crippen molar-refractivity contribution in [1.29, 1.82) is 0 Å². The zero-order valence-electron chi connectivity index (χ0n) is 16.7. The number of hydrogen-bond acceptors (Lipinski definition) is 6. The van der Waals surface area contributed by atoms with Crippen LogP contribution < -0.4 is 11.3 Å². The van der Waals surface area contributed by atoms with E-state index in [1.807, 2.05) is 28.5 Å². The zero-order chi connectivity index (χ0) is 20.8. The van der Waals surface area contributed by atoms with Gasteiger partial charge in [-0.05, 0) is 37.0 Å². The summed E-state index contributed by atoms with van der Waals surface area (Å²) in [4.78, 5) is 40.2. The van der Waals surface area contributed by atoms with Crippen molar-refractivity contribution in [3.05, 3.63) is 70.2 Å². The minimum absolute atomic E-state index is 0.00539. The number of pyridine rings is 2. The molecule has 0 unspecified atom stereocenters. The van der Waals surface area contributed by atoms with Gasteiger partial charge in [-0.3, -0.25) is 14.6 Å². The topological polar surface area (TPSA) is 107 Å². The summed E-state index contributed by atoms with van der Waals surface area (Å²) in [5.41, 5.74) is 9.61. The number of carbonyl (C=O) groups excluding carboxylic acids is 1. The SMILES string of the molecule is Cc1ccncc1C(=O)N1C[C@@H]2C[C@H](C1)c1cc(-c3cc(N)ncn3)cc(=O)n1C2. The average Bonchev–Trinajstić information content (AvgIpc) is 2.74. The summed E-state index contributed by atoms with van der Waals surface area (Å²) in [6, 6.07) is 7.13. The second-order valence-electron chi connectivity index (χ2n) is 8.15. The molecule has 2 bridgehead atoms. The van der Waals surface area contributed by atoms with E-state index in [1.54, 1.807) is 24.5 Å². The highest BCUT2D eigenvalue weighted by Crippen LogP contribution is 2.37. The third-order valence-electron chi connectivity index (χ3n) is 6.10. The number of aryl methyl sites for hydroxylation is 1. The van der Waals surface area contributed by atoms with Crippen LogP contribution >= 0.6 is 0 Å². The van der Waals surface area contributed by atoms with Gasteiger partial charge in [0.15, 0.2) is 0 Å². The van der Waals surface area contributed by atoms with E-state index in [0.29, 0.717) is 36.7 Å². The molecule has 0 aromatic carbocycles. The van der Waals surface area contributed by atoms with Gasteiger partial charge in [-0.15, -0.1) is 0 Å². The van der Waals surface area contributed by atoms with Crippen LogP contribution in [0.3, 0.4) is 0 Å². The lowest BCUT2D eigenvalue weighted by Crippen LogP contribution is -2.49. The van der Waals surface area contributed by atoms with E-state index in [1.165, 1.54) is 6.33 Å². The fourth-order valence-electron chi connectivity index (χ4n) is 4.66. The van der Waals surface area contributed by atoms with Crippen LogP contribution in [0.4, 0.5) is 5.82 Å². The summed E-state index contributed by atoms with van der Waals surface area (Å²) in [5, 5.41) is 0. The van der Waals surface area contributed by atoms with E-state index < -0.39 is 0 Å². The molecule has 1 saturated heterocycles. The Morgan fingerprint density at radius 3 is 2.83 bits per heavy atom. The first-order valence-corrected chi connectivity index (χ1v) is 10.0. The first kappa shape index (κ1) is 18.5. The second-order valence-corrected chi connectivity index (χ2v) is 8.15. The molecule has 0 radical (unpaired) electrons. The van der Waals surface area contributed by atoms with Crippen LogP contribution in [-0.4, -0.2) is 43.4 Å². The Hall–Kier alpha value is -3.55. The molecule has 5 rings (SSSR count). The summed E-state index contributed by atoms with van der Waals surface area (Å²) < 4.78 is 1.85. The van der Waals surface area contributed by atoms with Crippen LogP contribution in [0.2, 0.25) is 0 Å². The van der Waals surface area contributed by atoms with Gasteiger partial charge in [0.1, 0.15) is 12.1 Å². The molecular formula is C22H22N6O2. The molecule has 0 spiro atoms. The van der Waals surface area contributed by atoms with E-state index in [2.05, 4.69) is 15.0 Å². The smallest absolute Gasteiger partial charge is 0.255 e. The lowest BCUT2D eigenvalue weighted by Gasteiger charge is -2.43. The van der Waals surface area contributed by atoms with E-state index in [4.69, 9.17) is 5.73 Å². The molecule has 8 heteroatoms. The number of nitrogens with two attached hydrogens (primary N) is 1. The van der Waals surface area contributed by atoms with E-state index in [0.717, 1.165) is 23.2 Å². The van der Waals surface area contributed by atoms with Gasteiger partial charge in [0.25, 0.3) is 11.5 Å². The summed E-state index contributed by atoms with van der Waals surface area (Å²) in [7, 11) is 0. The first-order chi connectivity index (χ1) is 14.5. The number of carbonyl (C=O) groups is 1. The number of likely N-dealkylation sites (tertiary alicyclic amines) is 1. The third-order valence-corrected chi connectivity index (χ3v) is 6.10. The fourth-order valence-corrected chi connectivity index (χ4v) is 4.66. The molecule has 2 aliphatic heterocycles. The Kier molecular flexibility index (Phi) is 4.34. The molecule has 152 valence electrons. The zero-order valence-corrected chi connectivity index (χ0v) is 16.7. The van der Waals surface area contributed by atoms with Crippen LogP contribution in [0, 0.1) is 12.8 Å². The molecular weight excluding hydrogens is 380 g/mol. The van der Waals surface area contributed by atoms with Crippen molar-refractivity contribution in [2.24, 2.45) is 5.92 Å². The Labute approximate surface area is 173 Å². The van der Waals surface area contributed by atoms with Crippen molar-refractivity contribution < 1.29 is 4.79 Å². The van der Waals surface area contributed by atoms with Gasteiger partial charge in [-0.1, -0.05) is 0 Å². The average molecular weight is 402 g/mol. The Morgan fingerprint density at radius 1 is 1.17 bits per heavy atom. The Balaban J connectivity index is 1.50. The molecule has 30 heavy (non-hydrogen) atoms. The van der Waals surface area contributed by atoms with Crippen molar-refractivity contribution >= 4 is 11.7 Å². The maximum absolute atomic E-state index is 13.1.